The molecule has 0 bridgehead atoms. The molecule has 0 aromatic heterocycles. The van der Waals surface area contributed by atoms with E-state index in [1.165, 1.54) is 0 Å². The van der Waals surface area contributed by atoms with Crippen LogP contribution in [-0.2, 0) is 4.79 Å². The Morgan fingerprint density at radius 1 is 1.62 bits per heavy atom. The van der Waals surface area contributed by atoms with Gasteiger partial charge in [0.25, 0.3) is 0 Å². The number of ketones is 1. The molecule has 1 aliphatic carbocycles. The van der Waals surface area contributed by atoms with Crippen molar-refractivity contribution in [1.29, 1.82) is 0 Å². The average Bonchev–Trinajstić information content (AvgIpc) is 1.77. The number of carbonyl (C=O) groups is 1. The summed E-state index contributed by atoms with van der Waals surface area (Å²) in [6.07, 6.45) is 5.93. The third-order valence-corrected chi connectivity index (χ3v) is 1.09. The van der Waals surface area contributed by atoms with Crippen molar-refractivity contribution < 1.29 is 4.79 Å². The Bertz CT molecular complexity index is 163. The van der Waals surface area contributed by atoms with Gasteiger partial charge in [0.1, 0.15) is 0 Å². The van der Waals surface area contributed by atoms with Gasteiger partial charge in [-0.3, -0.25) is 4.79 Å². The minimum Gasteiger partial charge on any atom is -0.294 e. The van der Waals surface area contributed by atoms with Crippen LogP contribution in [0.3, 0.4) is 0 Å². The highest BCUT2D eigenvalue weighted by Gasteiger charge is 2.02. The van der Waals surface area contributed by atoms with Gasteiger partial charge in [-0.15, -0.1) is 0 Å². The zero-order valence-corrected chi connectivity index (χ0v) is 4.55. The Morgan fingerprint density at radius 3 is 2.75 bits per heavy atom. The summed E-state index contributed by atoms with van der Waals surface area (Å²) in [4.78, 5) is 10.6. The van der Waals surface area contributed by atoms with Crippen molar-refractivity contribution in [3.8, 4) is 0 Å². The van der Waals surface area contributed by atoms with Crippen LogP contribution in [0, 0.1) is 6.92 Å². The summed E-state index contributed by atoms with van der Waals surface area (Å²) in [7, 11) is 0. The molecule has 0 saturated carbocycles. The number of hydrogen-bond donors (Lipinski definition) is 0. The fourth-order valence-electron chi connectivity index (χ4n) is 0.583. The van der Waals surface area contributed by atoms with E-state index in [0.717, 1.165) is 0 Å². The summed E-state index contributed by atoms with van der Waals surface area (Å²) in [5, 5.41) is 0. The molecule has 1 nitrogen and oxygen atoms in total. The predicted molar refractivity (Wildman–Crippen MR) is 32.2 cm³/mol. The molecule has 8 heavy (non-hydrogen) atoms. The van der Waals surface area contributed by atoms with Crippen molar-refractivity contribution in [3.05, 3.63) is 30.7 Å². The zero-order valence-electron chi connectivity index (χ0n) is 4.55. The molecule has 1 radical (unpaired) electrons. The van der Waals surface area contributed by atoms with Gasteiger partial charge in [0.15, 0.2) is 5.78 Å². The first kappa shape index (κ1) is 5.29. The summed E-state index contributed by atoms with van der Waals surface area (Å²) in [5.41, 5.74) is 0.618. The smallest absolute Gasteiger partial charge is 0.162 e. The first-order valence-electron chi connectivity index (χ1n) is 2.52. The fourth-order valence-corrected chi connectivity index (χ4v) is 0.583. The maximum absolute atomic E-state index is 10.6. The molecular formula is C7H7O. The number of allylic oxidation sites excluding steroid dienone is 4. The molecule has 0 saturated heterocycles. The highest BCUT2D eigenvalue weighted by Crippen LogP contribution is 2.04. The van der Waals surface area contributed by atoms with Crippen molar-refractivity contribution in [2.24, 2.45) is 0 Å². The van der Waals surface area contributed by atoms with Crippen LogP contribution in [0.4, 0.5) is 0 Å². The van der Waals surface area contributed by atoms with Crippen molar-refractivity contribution >= 4 is 5.78 Å². The van der Waals surface area contributed by atoms with Crippen LogP contribution in [0.25, 0.3) is 0 Å². The SMILES string of the molecule is [CH2]C1=CC=CCC1=O. The first-order valence-corrected chi connectivity index (χ1v) is 2.52. The van der Waals surface area contributed by atoms with Gasteiger partial charge < -0.3 is 0 Å². The highest BCUT2D eigenvalue weighted by atomic mass is 16.1. The minimum absolute atomic E-state index is 0.132. The molecule has 0 fully saturated rings. The van der Waals surface area contributed by atoms with E-state index in [9.17, 15) is 4.79 Å². The molecule has 0 aromatic rings. The molecule has 0 heterocycles. The fraction of sp³-hybridized carbons (Fsp3) is 0.143. The third-order valence-electron chi connectivity index (χ3n) is 1.09. The van der Waals surface area contributed by atoms with Crippen LogP contribution >= 0.6 is 0 Å². The molecule has 0 atom stereocenters. The molecule has 0 amide bonds. The second kappa shape index (κ2) is 1.95. The summed E-state index contributed by atoms with van der Waals surface area (Å²) < 4.78 is 0. The second-order valence-electron chi connectivity index (χ2n) is 1.75. The molecule has 0 spiro atoms. The van der Waals surface area contributed by atoms with Crippen molar-refractivity contribution in [3.63, 3.8) is 0 Å². The lowest BCUT2D eigenvalue weighted by Crippen LogP contribution is -1.99. The Morgan fingerprint density at radius 2 is 2.38 bits per heavy atom. The van der Waals surface area contributed by atoms with E-state index in [-0.39, 0.29) is 5.78 Å². The lowest BCUT2D eigenvalue weighted by atomic mass is 10.1. The van der Waals surface area contributed by atoms with Crippen LogP contribution in [0.5, 0.6) is 0 Å². The number of rotatable bonds is 0. The van der Waals surface area contributed by atoms with Gasteiger partial charge in [0.2, 0.25) is 0 Å². The van der Waals surface area contributed by atoms with Gasteiger partial charge >= 0.3 is 0 Å². The summed E-state index contributed by atoms with van der Waals surface area (Å²) in [5.74, 6) is 0.132. The Kier molecular flexibility index (Phi) is 1.29. The molecule has 41 valence electrons. The van der Waals surface area contributed by atoms with Crippen molar-refractivity contribution in [2.75, 3.05) is 0 Å². The van der Waals surface area contributed by atoms with Gasteiger partial charge in [-0.25, -0.2) is 0 Å². The van der Waals surface area contributed by atoms with Crippen LogP contribution in [0.2, 0.25) is 0 Å². The topological polar surface area (TPSA) is 17.1 Å². The standard InChI is InChI=1S/C7H7O/c1-6-4-2-3-5-7(6)8/h2-4H,1,5H2. The Balaban J connectivity index is 2.80. The van der Waals surface area contributed by atoms with Gasteiger partial charge in [0, 0.05) is 6.42 Å². The first-order chi connectivity index (χ1) is 3.80. The van der Waals surface area contributed by atoms with Crippen molar-refractivity contribution in [1.82, 2.24) is 0 Å². The van der Waals surface area contributed by atoms with E-state index >= 15 is 0 Å². The molecule has 1 heteroatoms. The van der Waals surface area contributed by atoms with E-state index in [1.807, 2.05) is 12.2 Å². The second-order valence-corrected chi connectivity index (χ2v) is 1.75. The molecule has 0 N–H and O–H groups in total. The third kappa shape index (κ3) is 0.861. The van der Waals surface area contributed by atoms with Gasteiger partial charge in [-0.05, 0) is 12.5 Å². The van der Waals surface area contributed by atoms with Crippen LogP contribution in [0.1, 0.15) is 6.42 Å². The van der Waals surface area contributed by atoms with E-state index < -0.39 is 0 Å². The van der Waals surface area contributed by atoms with Gasteiger partial charge in [-0.1, -0.05) is 18.2 Å². The quantitative estimate of drug-likeness (QED) is 0.455. The number of hydrogen-bond acceptors (Lipinski definition) is 1. The average molecular weight is 107 g/mol. The molecule has 0 aromatic carbocycles. The highest BCUT2D eigenvalue weighted by molar-refractivity contribution is 5.98. The maximum atomic E-state index is 10.6. The normalized spacial score (nSPS) is 18.6. The van der Waals surface area contributed by atoms with E-state index in [4.69, 9.17) is 0 Å². The Hall–Kier alpha value is -0.850. The van der Waals surface area contributed by atoms with Crippen LogP contribution in [0.15, 0.2) is 23.8 Å². The van der Waals surface area contributed by atoms with Gasteiger partial charge in [-0.2, -0.15) is 0 Å². The molecule has 0 unspecified atom stereocenters. The molecule has 1 aliphatic rings. The minimum atomic E-state index is 0.132. The summed E-state index contributed by atoms with van der Waals surface area (Å²) in [6.45, 7) is 3.54. The van der Waals surface area contributed by atoms with Crippen molar-refractivity contribution in [2.45, 2.75) is 6.42 Å². The zero-order chi connectivity index (χ0) is 5.98. The summed E-state index contributed by atoms with van der Waals surface area (Å²) in [6, 6.07) is 0. The van der Waals surface area contributed by atoms with Gasteiger partial charge in [0.05, 0.1) is 0 Å². The lowest BCUT2D eigenvalue weighted by Gasteiger charge is -1.98. The van der Waals surface area contributed by atoms with E-state index in [1.54, 1.807) is 6.08 Å². The molecule has 1 rings (SSSR count). The van der Waals surface area contributed by atoms with E-state index in [2.05, 4.69) is 6.92 Å². The lowest BCUT2D eigenvalue weighted by molar-refractivity contribution is -0.114. The largest absolute Gasteiger partial charge is 0.294 e. The number of carbonyl (C=O) groups excluding carboxylic acids is 1. The Labute approximate surface area is 48.7 Å². The van der Waals surface area contributed by atoms with Crippen LogP contribution in [-0.4, -0.2) is 5.78 Å². The number of Topliss-reactive ketones (excluding diaryl/α,β-unsaturated/α-hetero) is 1. The summed E-state index contributed by atoms with van der Waals surface area (Å²) >= 11 is 0. The molecular weight excluding hydrogens is 100 g/mol. The maximum Gasteiger partial charge on any atom is 0.162 e. The van der Waals surface area contributed by atoms with Crippen LogP contribution < -0.4 is 0 Å². The predicted octanol–water partition coefficient (Wildman–Crippen LogP) is 1.28. The monoisotopic (exact) mass is 107 g/mol. The molecule has 0 aliphatic heterocycles. The van der Waals surface area contributed by atoms with E-state index in [0.29, 0.717) is 12.0 Å².